The SMILES string of the molecule is O[Si]1(O)O[Si]2(c3ccccc3)O[Si]3(c4ccccc4)O[Si]4(c5ccccc5)O[Si](O)(O)O[Si]5(c6ccccc6)O[Si](c6ccccc6)(O[Si](c6ccccc6)(O1)O[Si](c1ccccc1)(O5)O[Si](c1ccccc1)(O2)O4)O3. The van der Waals surface area contributed by atoms with Gasteiger partial charge in [-0.1, -0.05) is 243 Å². The van der Waals surface area contributed by atoms with Crippen LogP contribution in [0, 0.1) is 0 Å². The molecule has 8 aromatic carbocycles. The maximum absolute atomic E-state index is 13.2. The molecule has 6 fully saturated rings. The lowest BCUT2D eigenvalue weighted by Gasteiger charge is -2.59. The number of rotatable bonds is 8. The van der Waals surface area contributed by atoms with Crippen LogP contribution in [0.1, 0.15) is 0 Å². The largest absolute Gasteiger partial charge is 0.659 e. The first-order valence-corrected chi connectivity index (χ1v) is 41.1. The lowest BCUT2D eigenvalue weighted by molar-refractivity contribution is -0.0109. The molecular formula is C48H44O18Si10. The van der Waals surface area contributed by atoms with E-state index in [1.807, 2.05) is 0 Å². The summed E-state index contributed by atoms with van der Waals surface area (Å²) in [6.07, 6.45) is 0. The predicted molar refractivity (Wildman–Crippen MR) is 290 cm³/mol. The van der Waals surface area contributed by atoms with Crippen molar-refractivity contribution in [3.63, 3.8) is 0 Å². The quantitative estimate of drug-likeness (QED) is 0.147. The molecule has 0 aliphatic carbocycles. The van der Waals surface area contributed by atoms with Crippen molar-refractivity contribution < 1.29 is 76.8 Å². The molecule has 28 heteroatoms. The molecule has 6 aliphatic heterocycles. The van der Waals surface area contributed by atoms with E-state index in [4.69, 9.17) is 57.6 Å². The normalized spacial score (nSPS) is 33.4. The summed E-state index contributed by atoms with van der Waals surface area (Å²) in [6, 6.07) is 68.1. The first kappa shape index (κ1) is 50.7. The van der Waals surface area contributed by atoms with Crippen LogP contribution in [0.3, 0.4) is 0 Å². The Morgan fingerprint density at radius 2 is 0.263 bits per heavy atom. The topological polar surface area (TPSA) is 210 Å². The maximum atomic E-state index is 13.2. The first-order chi connectivity index (χ1) is 36.7. The molecule has 0 radical (unpaired) electrons. The summed E-state index contributed by atoms with van der Waals surface area (Å²) >= 11 is 0. The third kappa shape index (κ3) is 8.81. The molecule has 4 N–H and O–H groups in total. The minimum Gasteiger partial charge on any atom is -0.368 e. The zero-order valence-electron chi connectivity index (χ0n) is 39.6. The molecule has 8 aromatic rings. The molecule has 0 atom stereocenters. The van der Waals surface area contributed by atoms with Crippen molar-refractivity contribution in [2.75, 3.05) is 0 Å². The van der Waals surface area contributed by atoms with Crippen LogP contribution < -0.4 is 41.5 Å². The Hall–Kier alpha value is -4.79. The summed E-state index contributed by atoms with van der Waals surface area (Å²) in [5, 5.41) is 1.39. The summed E-state index contributed by atoms with van der Waals surface area (Å²) in [5.74, 6) is 0. The molecule has 384 valence electrons. The Bertz CT molecular complexity index is 2880. The minimum atomic E-state index is -5.97. The summed E-state index contributed by atoms with van der Waals surface area (Å²) < 4.78 is 107. The van der Waals surface area contributed by atoms with E-state index in [0.717, 1.165) is 0 Å². The standard InChI is InChI=1S/C48H44O18Si10/c49-75(50)63-71(45-33-17-5-18-34-45)55-67(41-25-9-1-10-26-41)53-68(42-27-11-2-12-28-42)57-73(65-75,47-37-21-7-22-38-47)61-70(44-31-15-4-16-32-44)54-69(59-71,43-29-13-3-14-30-43)60-72(56-67,46-35-19-6-20-36-46)64-76(51,52)66-74(58-68,62-70)48-39-23-8-24-40-48/h1-40,49-52H. The van der Waals surface area contributed by atoms with E-state index in [1.165, 1.54) is 0 Å². The monoisotopic (exact) mass is 1190 g/mol. The summed E-state index contributed by atoms with van der Waals surface area (Å²) in [7, 11) is -55.7. The minimum absolute atomic E-state index is 0.151. The highest BCUT2D eigenvalue weighted by Gasteiger charge is 2.84. The number of hydrogen-bond donors (Lipinski definition) is 4. The molecule has 6 aliphatic rings. The van der Waals surface area contributed by atoms with Crippen LogP contribution in [-0.2, 0) is 57.6 Å². The molecule has 0 spiro atoms. The Labute approximate surface area is 446 Å². The van der Waals surface area contributed by atoms with Gasteiger partial charge in [0.2, 0.25) is 0 Å². The predicted octanol–water partition coefficient (Wildman–Crippen LogP) is -0.104. The van der Waals surface area contributed by atoms with Gasteiger partial charge in [0.1, 0.15) is 0 Å². The van der Waals surface area contributed by atoms with E-state index >= 15 is 0 Å². The molecule has 18 nitrogen and oxygen atoms in total. The Kier molecular flexibility index (Phi) is 12.6. The van der Waals surface area contributed by atoms with E-state index in [-0.39, 0.29) is 41.5 Å². The molecule has 0 saturated carbocycles. The molecule has 6 saturated heterocycles. The summed E-state index contributed by atoms with van der Waals surface area (Å²) in [6.45, 7) is 0. The fraction of sp³-hybridized carbons (Fsp3) is 0. The van der Waals surface area contributed by atoms with E-state index in [2.05, 4.69) is 0 Å². The maximum Gasteiger partial charge on any atom is 0.659 e. The van der Waals surface area contributed by atoms with Crippen LogP contribution in [0.5, 0.6) is 0 Å². The number of hydrogen-bond acceptors (Lipinski definition) is 18. The van der Waals surface area contributed by atoms with Gasteiger partial charge in [-0.3, -0.25) is 0 Å². The van der Waals surface area contributed by atoms with Crippen molar-refractivity contribution in [3.05, 3.63) is 243 Å². The van der Waals surface area contributed by atoms with Gasteiger partial charge in [-0.05, 0) is 0 Å². The van der Waals surface area contributed by atoms with Crippen LogP contribution in [-0.4, -0.2) is 108 Å². The van der Waals surface area contributed by atoms with Crippen molar-refractivity contribution in [1.29, 1.82) is 0 Å². The molecular weight excluding hydrogens is 1150 g/mol. The fourth-order valence-electron chi connectivity index (χ4n) is 9.56. The van der Waals surface area contributed by atoms with Gasteiger partial charge in [-0.15, -0.1) is 0 Å². The van der Waals surface area contributed by atoms with Crippen molar-refractivity contribution in [1.82, 2.24) is 0 Å². The Balaban J connectivity index is 1.31. The molecule has 8 bridgehead atoms. The molecule has 14 rings (SSSR count). The van der Waals surface area contributed by atoms with E-state index in [0.29, 0.717) is 0 Å². The van der Waals surface area contributed by atoms with Crippen molar-refractivity contribution in [3.8, 4) is 0 Å². The summed E-state index contributed by atoms with van der Waals surface area (Å²) in [5.41, 5.74) is 0. The molecule has 0 aromatic heterocycles. The van der Waals surface area contributed by atoms with Crippen molar-refractivity contribution in [2.24, 2.45) is 0 Å². The zero-order valence-corrected chi connectivity index (χ0v) is 49.6. The average Bonchev–Trinajstić information content (AvgIpc) is 3.47. The van der Waals surface area contributed by atoms with Gasteiger partial charge in [0.25, 0.3) is 0 Å². The van der Waals surface area contributed by atoms with Crippen molar-refractivity contribution >= 4 is 130 Å². The average molecular weight is 1190 g/mol. The molecule has 0 amide bonds. The second kappa shape index (κ2) is 19.0. The van der Waals surface area contributed by atoms with Gasteiger partial charge in [-0.25, -0.2) is 0 Å². The summed E-state index contributed by atoms with van der Waals surface area (Å²) in [4.78, 5) is 52.9. The molecule has 76 heavy (non-hydrogen) atoms. The van der Waals surface area contributed by atoms with Crippen LogP contribution in [0.2, 0.25) is 0 Å². The van der Waals surface area contributed by atoms with Crippen LogP contribution >= 0.6 is 0 Å². The Morgan fingerprint density at radius 3 is 0.382 bits per heavy atom. The van der Waals surface area contributed by atoms with Gasteiger partial charge in [-0.2, -0.15) is 0 Å². The molecule has 6 heterocycles. The first-order valence-electron chi connectivity index (χ1n) is 23.9. The highest BCUT2D eigenvalue weighted by atomic mass is 28.6. The number of fused-ring (bicyclic) bond motifs is 4. The van der Waals surface area contributed by atoms with Gasteiger partial charge in [0.05, 0.1) is 0 Å². The molecule has 0 unspecified atom stereocenters. The smallest absolute Gasteiger partial charge is 0.368 e. The zero-order chi connectivity index (χ0) is 51.8. The lowest BCUT2D eigenvalue weighted by atomic mass is 10.4. The van der Waals surface area contributed by atoms with E-state index in [9.17, 15) is 19.2 Å². The lowest BCUT2D eigenvalue weighted by Crippen LogP contribution is -2.93. The highest BCUT2D eigenvalue weighted by Crippen LogP contribution is 2.46. The highest BCUT2D eigenvalue weighted by molar-refractivity contribution is 7.12. The third-order valence-electron chi connectivity index (χ3n) is 12.8. The van der Waals surface area contributed by atoms with E-state index in [1.54, 1.807) is 243 Å². The van der Waals surface area contributed by atoms with Crippen molar-refractivity contribution in [2.45, 2.75) is 0 Å². The van der Waals surface area contributed by atoms with Crippen LogP contribution in [0.25, 0.3) is 0 Å². The van der Waals surface area contributed by atoms with Gasteiger partial charge in [0, 0.05) is 41.5 Å². The van der Waals surface area contributed by atoms with Crippen LogP contribution in [0.15, 0.2) is 243 Å². The second-order valence-corrected chi connectivity index (χ2v) is 45.0. The Morgan fingerprint density at radius 1 is 0.158 bits per heavy atom. The van der Waals surface area contributed by atoms with Gasteiger partial charge >= 0.3 is 88.5 Å². The van der Waals surface area contributed by atoms with Gasteiger partial charge < -0.3 is 76.8 Å². The second-order valence-electron chi connectivity index (χ2n) is 17.9. The third-order valence-corrected chi connectivity index (χ3v) is 51.2. The number of benzene rings is 8. The van der Waals surface area contributed by atoms with Gasteiger partial charge in [0.15, 0.2) is 0 Å². The van der Waals surface area contributed by atoms with E-state index < -0.39 is 88.5 Å². The van der Waals surface area contributed by atoms with Crippen LogP contribution in [0.4, 0.5) is 0 Å². The fourth-order valence-corrected chi connectivity index (χ4v) is 59.5.